The molecule has 3 heterocycles. The van der Waals surface area contributed by atoms with Crippen LogP contribution in [0.5, 0.6) is 11.5 Å². The second-order valence-corrected chi connectivity index (χ2v) is 21.9. The number of fused-ring (bicyclic) bond motifs is 4. The minimum atomic E-state index is -0.848. The molecule has 4 rings (SSSR count). The molecule has 1 saturated heterocycles. The van der Waals surface area contributed by atoms with Crippen LogP contribution in [0.25, 0.3) is 0 Å². The fourth-order valence-electron chi connectivity index (χ4n) is 11.3. The van der Waals surface area contributed by atoms with Crippen molar-refractivity contribution in [3.05, 3.63) is 23.3 Å². The smallest absolute Gasteiger partial charge is 0.328 e. The third-order valence-electron chi connectivity index (χ3n) is 15.9. The number of methoxy groups -OCH3 is 1. The monoisotopic (exact) mass is 1010 g/mol. The number of carbonyl (C=O) groups excluding carboxylic acids is 4. The summed E-state index contributed by atoms with van der Waals surface area (Å²) >= 11 is 0. The highest BCUT2D eigenvalue weighted by molar-refractivity contribution is 5.93. The van der Waals surface area contributed by atoms with Crippen LogP contribution in [0.1, 0.15) is 269 Å². The fourth-order valence-corrected chi connectivity index (χ4v) is 11.3. The molecule has 1 fully saturated rings. The highest BCUT2D eigenvalue weighted by Crippen LogP contribution is 2.44. The zero-order chi connectivity index (χ0) is 51.6. The molecule has 0 saturated carbocycles. The van der Waals surface area contributed by atoms with Crippen LogP contribution in [0.15, 0.2) is 12.1 Å². The summed E-state index contributed by atoms with van der Waals surface area (Å²) in [7, 11) is 1.36. The number of rotatable bonds is 42. The zero-order valence-corrected chi connectivity index (χ0v) is 46.2. The number of aliphatic hydroxyl groups excluding tert-OH is 1. The number of hydrogen-bond donors (Lipinski definition) is 4. The Balaban J connectivity index is 1.37. The van der Waals surface area contributed by atoms with Gasteiger partial charge < -0.3 is 35.3 Å². The van der Waals surface area contributed by atoms with E-state index >= 15 is 0 Å². The van der Waals surface area contributed by atoms with Crippen LogP contribution in [0.3, 0.4) is 0 Å². The number of nitrogens with one attached hydrogen (secondary N) is 3. The number of unbranched alkanes of at least 4 members (excludes halogenated alkanes) is 27. The lowest BCUT2D eigenvalue weighted by molar-refractivity contribution is -0.145. The summed E-state index contributed by atoms with van der Waals surface area (Å²) in [6.45, 7) is 8.52. The molecule has 6 atom stereocenters. The average Bonchev–Trinajstić information content (AvgIpc) is 3.85. The molecule has 1 aromatic rings. The van der Waals surface area contributed by atoms with Gasteiger partial charge in [0, 0.05) is 25.6 Å². The van der Waals surface area contributed by atoms with Gasteiger partial charge in [-0.05, 0) is 67.7 Å². The summed E-state index contributed by atoms with van der Waals surface area (Å²) in [5, 5.41) is 20.7. The van der Waals surface area contributed by atoms with Crippen molar-refractivity contribution in [3.63, 3.8) is 0 Å². The van der Waals surface area contributed by atoms with Crippen molar-refractivity contribution in [1.29, 1.82) is 0 Å². The molecular formula is C60H104N4O8. The second-order valence-electron chi connectivity index (χ2n) is 21.9. The Morgan fingerprint density at radius 3 is 1.49 bits per heavy atom. The zero-order valence-electron chi connectivity index (χ0n) is 46.2. The lowest BCUT2D eigenvalue weighted by Gasteiger charge is -2.45. The van der Waals surface area contributed by atoms with E-state index in [0.29, 0.717) is 38.6 Å². The second kappa shape index (κ2) is 37.4. The van der Waals surface area contributed by atoms with E-state index in [9.17, 15) is 24.3 Å². The van der Waals surface area contributed by atoms with Crippen molar-refractivity contribution in [2.75, 3.05) is 27.0 Å². The van der Waals surface area contributed by atoms with Crippen LogP contribution >= 0.6 is 0 Å². The molecule has 1 aromatic carbocycles. The summed E-state index contributed by atoms with van der Waals surface area (Å²) in [6.07, 6.45) is 37.9. The van der Waals surface area contributed by atoms with Gasteiger partial charge in [-0.25, -0.2) is 4.79 Å². The number of ether oxygens (including phenoxy) is 3. The Kier molecular flexibility index (Phi) is 31.7. The van der Waals surface area contributed by atoms with Crippen LogP contribution in [0.2, 0.25) is 0 Å². The predicted molar refractivity (Wildman–Crippen MR) is 291 cm³/mol. The van der Waals surface area contributed by atoms with Gasteiger partial charge in [-0.15, -0.1) is 0 Å². The average molecular weight is 1010 g/mol. The first-order valence-corrected chi connectivity index (χ1v) is 30.0. The molecule has 0 radical (unpaired) electrons. The van der Waals surface area contributed by atoms with E-state index in [-0.39, 0.29) is 42.9 Å². The molecule has 4 N–H and O–H groups in total. The van der Waals surface area contributed by atoms with E-state index in [1.807, 2.05) is 0 Å². The van der Waals surface area contributed by atoms with E-state index in [4.69, 9.17) is 14.2 Å². The lowest BCUT2D eigenvalue weighted by Crippen LogP contribution is -2.56. The summed E-state index contributed by atoms with van der Waals surface area (Å²) in [5.74, 6) is 0.0600. The van der Waals surface area contributed by atoms with Gasteiger partial charge in [0.15, 0.2) is 11.5 Å². The van der Waals surface area contributed by atoms with Crippen molar-refractivity contribution >= 4 is 23.7 Å². The van der Waals surface area contributed by atoms with Crippen molar-refractivity contribution in [1.82, 2.24) is 20.9 Å². The maximum Gasteiger partial charge on any atom is 0.328 e. The maximum absolute atomic E-state index is 14.4. The van der Waals surface area contributed by atoms with Crippen molar-refractivity contribution in [2.24, 2.45) is 5.92 Å². The number of hydrogen-bond acceptors (Lipinski definition) is 9. The van der Waals surface area contributed by atoms with Crippen LogP contribution in [-0.4, -0.2) is 84.9 Å². The van der Waals surface area contributed by atoms with Crippen LogP contribution in [0.4, 0.5) is 0 Å². The summed E-state index contributed by atoms with van der Waals surface area (Å²) in [6, 6.07) is 1.82. The van der Waals surface area contributed by atoms with Gasteiger partial charge in [0.25, 0.3) is 0 Å². The van der Waals surface area contributed by atoms with Crippen molar-refractivity contribution in [3.8, 4) is 11.5 Å². The highest BCUT2D eigenvalue weighted by atomic mass is 16.7. The number of benzene rings is 1. The minimum absolute atomic E-state index is 0.0750. The molecule has 12 nitrogen and oxygen atoms in total. The third kappa shape index (κ3) is 23.4. The molecule has 72 heavy (non-hydrogen) atoms. The van der Waals surface area contributed by atoms with Gasteiger partial charge in [0.2, 0.25) is 24.5 Å². The maximum atomic E-state index is 14.4. The van der Waals surface area contributed by atoms with Crippen LogP contribution < -0.4 is 25.4 Å². The standard InChI is InChI=1S/C60H104N4O8/c1-5-8-11-14-17-20-23-26-29-32-35-50(61-57(66)39-38-48-45-64-41-40-47-42-55-56(72-46-71-55)43-49(47)53(64)44-54(48)65)58(67)62-51(36-33-30-27-24-21-18-15-12-9-6-2)59(68)63-52(60(69)70-4)37-34-31-28-25-22-19-16-13-10-7-3/h42-43,48,50-54,65H,5-41,44-46H2,1-4H3,(H,61,66)(H,62,67)(H,63,68)/t48-,50?,51?,52?,53-,54-/m0/s1. The summed E-state index contributed by atoms with van der Waals surface area (Å²) < 4.78 is 16.5. The van der Waals surface area contributed by atoms with Gasteiger partial charge >= 0.3 is 5.97 Å². The number of carbonyl (C=O) groups is 4. The topological polar surface area (TPSA) is 156 Å². The van der Waals surface area contributed by atoms with Crippen molar-refractivity contribution < 1.29 is 38.5 Å². The predicted octanol–water partition coefficient (Wildman–Crippen LogP) is 13.0. The number of aliphatic hydroxyl groups is 1. The van der Waals surface area contributed by atoms with Gasteiger partial charge in [-0.3, -0.25) is 19.3 Å². The Morgan fingerprint density at radius 2 is 1.01 bits per heavy atom. The first-order chi connectivity index (χ1) is 35.2. The number of piperidine rings is 1. The highest BCUT2D eigenvalue weighted by Gasteiger charge is 2.39. The third-order valence-corrected chi connectivity index (χ3v) is 15.9. The lowest BCUT2D eigenvalue weighted by atomic mass is 9.80. The van der Waals surface area contributed by atoms with Gasteiger partial charge in [-0.1, -0.05) is 213 Å². The quantitative estimate of drug-likeness (QED) is 0.0370. The largest absolute Gasteiger partial charge is 0.467 e. The van der Waals surface area contributed by atoms with Crippen molar-refractivity contribution in [2.45, 2.75) is 289 Å². The minimum Gasteiger partial charge on any atom is -0.467 e. The molecule has 3 unspecified atom stereocenters. The molecular weight excluding hydrogens is 905 g/mol. The van der Waals surface area contributed by atoms with Gasteiger partial charge in [-0.2, -0.15) is 0 Å². The molecule has 12 heteroatoms. The fraction of sp³-hybridized carbons (Fsp3) is 0.833. The van der Waals surface area contributed by atoms with E-state index in [2.05, 4.69) is 53.8 Å². The van der Waals surface area contributed by atoms with E-state index < -0.39 is 30.2 Å². The number of esters is 1. The van der Waals surface area contributed by atoms with E-state index in [1.165, 1.54) is 140 Å². The molecule has 3 amide bonds. The molecule has 412 valence electrons. The first kappa shape index (κ1) is 61.2. The SMILES string of the molecule is CCCCCCCCCCCCC(NC(=O)CC[C@H]1CN2CCc3cc4c(cc3[C@@H]2C[C@@H]1O)OCO4)C(=O)NC(CCCCCCCCCCCC)C(=O)NC(CCCCCCCCCCCC)C(=O)OC. The van der Waals surface area contributed by atoms with Crippen LogP contribution in [0, 0.1) is 5.92 Å². The van der Waals surface area contributed by atoms with Gasteiger partial charge in [0.05, 0.1) is 13.2 Å². The summed E-state index contributed by atoms with van der Waals surface area (Å²) in [5.41, 5.74) is 2.43. The number of nitrogens with zero attached hydrogens (tertiary/aromatic N) is 1. The molecule has 0 aliphatic carbocycles. The van der Waals surface area contributed by atoms with Crippen LogP contribution in [-0.2, 0) is 30.3 Å². The molecule has 3 aliphatic heterocycles. The Morgan fingerprint density at radius 1 is 0.597 bits per heavy atom. The first-order valence-electron chi connectivity index (χ1n) is 30.0. The molecule has 0 aromatic heterocycles. The Labute approximate surface area is 437 Å². The normalized spacial score (nSPS) is 18.4. The molecule has 3 aliphatic rings. The summed E-state index contributed by atoms with van der Waals surface area (Å²) in [4.78, 5) is 58.1. The molecule has 0 bridgehead atoms. The van der Waals surface area contributed by atoms with E-state index in [0.717, 1.165) is 95.1 Å². The van der Waals surface area contributed by atoms with Gasteiger partial charge in [0.1, 0.15) is 18.1 Å². The Bertz CT molecular complexity index is 1660. The Hall–Kier alpha value is -3.38. The van der Waals surface area contributed by atoms with E-state index in [1.54, 1.807) is 0 Å². The molecule has 0 spiro atoms. The number of amides is 3.